The minimum Gasteiger partial charge on any atom is -0.465 e. The van der Waals surface area contributed by atoms with Gasteiger partial charge in [-0.15, -0.1) is 0 Å². The molecule has 2 rings (SSSR count). The van der Waals surface area contributed by atoms with Gasteiger partial charge in [-0.2, -0.15) is 0 Å². The van der Waals surface area contributed by atoms with E-state index in [1.54, 1.807) is 27.7 Å². The van der Waals surface area contributed by atoms with Gasteiger partial charge in [0.1, 0.15) is 18.7 Å². The molecule has 1 saturated carbocycles. The molecule has 1 fully saturated rings. The van der Waals surface area contributed by atoms with Crippen molar-refractivity contribution >= 4 is 18.0 Å². The number of aryl methyl sites for hydroxylation is 1. The zero-order valence-electron chi connectivity index (χ0n) is 19.9. The van der Waals surface area contributed by atoms with Crippen LogP contribution in [0.1, 0.15) is 58.9 Å². The lowest BCUT2D eigenvalue weighted by Gasteiger charge is -2.40. The van der Waals surface area contributed by atoms with E-state index >= 15 is 0 Å². The van der Waals surface area contributed by atoms with E-state index in [-0.39, 0.29) is 25.3 Å². The van der Waals surface area contributed by atoms with Gasteiger partial charge < -0.3 is 19.7 Å². The molecular weight excluding hydrogens is 432 g/mol. The van der Waals surface area contributed by atoms with E-state index in [9.17, 15) is 24.0 Å². The van der Waals surface area contributed by atoms with E-state index in [1.165, 1.54) is 18.0 Å². The van der Waals surface area contributed by atoms with Crippen LogP contribution in [0.25, 0.3) is 0 Å². The molecule has 11 heteroatoms. The van der Waals surface area contributed by atoms with Crippen LogP contribution >= 0.6 is 0 Å². The molecule has 1 heterocycles. The second kappa shape index (κ2) is 11.2. The van der Waals surface area contributed by atoms with Crippen molar-refractivity contribution in [2.45, 2.75) is 84.5 Å². The monoisotopic (exact) mass is 466 g/mol. The number of amides is 2. The summed E-state index contributed by atoms with van der Waals surface area (Å²) in [5, 5.41) is 2.83. The highest BCUT2D eigenvalue weighted by atomic mass is 16.6. The van der Waals surface area contributed by atoms with Crippen LogP contribution < -0.4 is 16.6 Å². The fourth-order valence-corrected chi connectivity index (χ4v) is 3.82. The molecule has 0 saturated heterocycles. The number of carbonyl (C=O) groups is 3. The summed E-state index contributed by atoms with van der Waals surface area (Å²) in [6.07, 6.45) is 3.52. The van der Waals surface area contributed by atoms with Crippen molar-refractivity contribution in [1.82, 2.24) is 19.8 Å². The molecule has 2 atom stereocenters. The molecule has 33 heavy (non-hydrogen) atoms. The number of hydrogen-bond acceptors (Lipinski definition) is 7. The average molecular weight is 467 g/mol. The van der Waals surface area contributed by atoms with Gasteiger partial charge in [0, 0.05) is 11.8 Å². The molecule has 1 aromatic rings. The summed E-state index contributed by atoms with van der Waals surface area (Å²) < 4.78 is 11.5. The van der Waals surface area contributed by atoms with Crippen LogP contribution in [0.3, 0.4) is 0 Å². The third-order valence-corrected chi connectivity index (χ3v) is 5.25. The van der Waals surface area contributed by atoms with Crippen LogP contribution in [0, 0.1) is 6.92 Å². The van der Waals surface area contributed by atoms with Crippen molar-refractivity contribution in [2.75, 3.05) is 13.2 Å². The lowest BCUT2D eigenvalue weighted by Crippen LogP contribution is -2.57. The number of carbonyl (C=O) groups excluding carboxylic acids is 3. The standard InChI is InChI=1S/C22H34N4O7/c1-6-32-18(28)13-26(17(27)12-25-11-14(2)19(29)24-20(25)30)16-10-8-7-9-15(16)23-21(31)33-22(3,4)5/h11,15-16H,6-10,12-13H2,1-5H3,(H,23,31)(H,24,29,30)/t15-,16+/m0/s1. The van der Waals surface area contributed by atoms with E-state index < -0.39 is 46.9 Å². The molecule has 1 aromatic heterocycles. The second-order valence-electron chi connectivity index (χ2n) is 9.13. The third-order valence-electron chi connectivity index (χ3n) is 5.25. The van der Waals surface area contributed by atoms with Crippen LogP contribution in [-0.4, -0.2) is 63.3 Å². The highest BCUT2D eigenvalue weighted by Gasteiger charge is 2.36. The topological polar surface area (TPSA) is 140 Å². The Hall–Kier alpha value is -3.11. The first-order chi connectivity index (χ1) is 15.4. The summed E-state index contributed by atoms with van der Waals surface area (Å²) in [6, 6.07) is -0.913. The van der Waals surface area contributed by atoms with Gasteiger partial charge in [-0.25, -0.2) is 9.59 Å². The van der Waals surface area contributed by atoms with Crippen LogP contribution in [0.4, 0.5) is 4.79 Å². The van der Waals surface area contributed by atoms with E-state index in [4.69, 9.17) is 9.47 Å². The summed E-state index contributed by atoms with van der Waals surface area (Å²) in [6.45, 7) is 7.93. The number of nitrogens with zero attached hydrogens (tertiary/aromatic N) is 2. The molecule has 1 aliphatic carbocycles. The maximum Gasteiger partial charge on any atom is 0.407 e. The van der Waals surface area contributed by atoms with Crippen molar-refractivity contribution < 1.29 is 23.9 Å². The molecule has 2 amide bonds. The number of nitrogens with one attached hydrogen (secondary N) is 2. The summed E-state index contributed by atoms with van der Waals surface area (Å²) in [5.41, 5.74) is -1.65. The molecule has 184 valence electrons. The average Bonchev–Trinajstić information content (AvgIpc) is 2.69. The Labute approximate surface area is 192 Å². The van der Waals surface area contributed by atoms with E-state index in [1.807, 2.05) is 0 Å². The van der Waals surface area contributed by atoms with Gasteiger partial charge in [0.05, 0.1) is 18.7 Å². The lowest BCUT2D eigenvalue weighted by atomic mass is 9.89. The molecule has 0 aliphatic heterocycles. The predicted octanol–water partition coefficient (Wildman–Crippen LogP) is 1.07. The molecule has 1 aliphatic rings. The summed E-state index contributed by atoms with van der Waals surface area (Å²) in [5.74, 6) is -1.09. The van der Waals surface area contributed by atoms with Gasteiger partial charge in [-0.05, 0) is 47.5 Å². The number of ether oxygens (including phenoxy) is 2. The first kappa shape index (κ1) is 26.1. The molecule has 0 aromatic carbocycles. The third kappa shape index (κ3) is 7.76. The number of aromatic amines is 1. The Bertz CT molecular complexity index is 976. The van der Waals surface area contributed by atoms with E-state index in [2.05, 4.69) is 10.3 Å². The quantitative estimate of drug-likeness (QED) is 0.573. The smallest absolute Gasteiger partial charge is 0.407 e. The highest BCUT2D eigenvalue weighted by Crippen LogP contribution is 2.24. The number of aromatic nitrogens is 2. The molecule has 11 nitrogen and oxygen atoms in total. The molecule has 2 N–H and O–H groups in total. The molecule has 0 bridgehead atoms. The maximum absolute atomic E-state index is 13.3. The maximum atomic E-state index is 13.3. The first-order valence-corrected chi connectivity index (χ1v) is 11.2. The summed E-state index contributed by atoms with van der Waals surface area (Å²) in [7, 11) is 0. The highest BCUT2D eigenvalue weighted by molar-refractivity contribution is 5.82. The Balaban J connectivity index is 2.29. The van der Waals surface area contributed by atoms with Crippen molar-refractivity contribution in [1.29, 1.82) is 0 Å². The van der Waals surface area contributed by atoms with Crippen LogP contribution in [-0.2, 0) is 25.6 Å². The SMILES string of the molecule is CCOC(=O)CN(C(=O)Cn1cc(C)c(=O)[nH]c1=O)[C@@H]1CCCC[C@@H]1NC(=O)OC(C)(C)C. The Morgan fingerprint density at radius 2 is 1.88 bits per heavy atom. The fourth-order valence-electron chi connectivity index (χ4n) is 3.82. The number of H-pyrrole nitrogens is 1. The van der Waals surface area contributed by atoms with Gasteiger partial charge in [-0.1, -0.05) is 12.8 Å². The van der Waals surface area contributed by atoms with Crippen molar-refractivity contribution in [3.63, 3.8) is 0 Å². The van der Waals surface area contributed by atoms with Gasteiger partial charge >= 0.3 is 17.8 Å². The first-order valence-electron chi connectivity index (χ1n) is 11.2. The number of esters is 1. The molecule has 0 unspecified atom stereocenters. The lowest BCUT2D eigenvalue weighted by molar-refractivity contribution is -0.151. The zero-order chi connectivity index (χ0) is 24.8. The van der Waals surface area contributed by atoms with Crippen LogP contribution in [0.2, 0.25) is 0 Å². The second-order valence-corrected chi connectivity index (χ2v) is 9.13. The van der Waals surface area contributed by atoms with Crippen molar-refractivity contribution in [3.8, 4) is 0 Å². The van der Waals surface area contributed by atoms with E-state index in [0.29, 0.717) is 12.8 Å². The summed E-state index contributed by atoms with van der Waals surface area (Å²) >= 11 is 0. The fraction of sp³-hybridized carbons (Fsp3) is 0.682. The van der Waals surface area contributed by atoms with Crippen molar-refractivity contribution in [3.05, 3.63) is 32.6 Å². The predicted molar refractivity (Wildman–Crippen MR) is 120 cm³/mol. The summed E-state index contributed by atoms with van der Waals surface area (Å²) in [4.78, 5) is 65.3. The number of hydrogen-bond donors (Lipinski definition) is 2. The van der Waals surface area contributed by atoms with E-state index in [0.717, 1.165) is 17.4 Å². The molecule has 0 radical (unpaired) electrons. The van der Waals surface area contributed by atoms with Gasteiger partial charge in [0.15, 0.2) is 0 Å². The largest absolute Gasteiger partial charge is 0.465 e. The van der Waals surface area contributed by atoms with Crippen LogP contribution in [0.15, 0.2) is 15.8 Å². The van der Waals surface area contributed by atoms with Gasteiger partial charge in [0.25, 0.3) is 5.56 Å². The number of alkyl carbamates (subject to hydrolysis) is 1. The van der Waals surface area contributed by atoms with Gasteiger partial charge in [0.2, 0.25) is 5.91 Å². The van der Waals surface area contributed by atoms with Crippen molar-refractivity contribution in [2.24, 2.45) is 0 Å². The number of rotatable bonds is 7. The Morgan fingerprint density at radius 3 is 2.52 bits per heavy atom. The van der Waals surface area contributed by atoms with Crippen LogP contribution in [0.5, 0.6) is 0 Å². The molecular formula is C22H34N4O7. The zero-order valence-corrected chi connectivity index (χ0v) is 19.9. The Kier molecular flexibility index (Phi) is 8.84. The Morgan fingerprint density at radius 1 is 1.21 bits per heavy atom. The normalized spacial score (nSPS) is 18.3. The minimum absolute atomic E-state index is 0.156. The molecule has 0 spiro atoms. The van der Waals surface area contributed by atoms with Gasteiger partial charge in [-0.3, -0.25) is 23.9 Å². The minimum atomic E-state index is -0.720.